The molecule has 0 aliphatic heterocycles. The Labute approximate surface area is 162 Å². The van der Waals surface area contributed by atoms with Crippen molar-refractivity contribution in [2.45, 2.75) is 26.2 Å². The zero-order valence-electron chi connectivity index (χ0n) is 16.1. The summed E-state index contributed by atoms with van der Waals surface area (Å²) >= 11 is 0. The minimum atomic E-state index is -0.0366. The Kier molecular flexibility index (Phi) is 9.50. The first kappa shape index (κ1) is 20.5. The van der Waals surface area contributed by atoms with Crippen LogP contribution in [0.25, 0.3) is 0 Å². The van der Waals surface area contributed by atoms with Crippen molar-refractivity contribution in [3.63, 3.8) is 0 Å². The SMILES string of the molecule is CCNC(=NCCCNC(=O)c1ccccc1)NCCCc1ccccc1. The van der Waals surface area contributed by atoms with Gasteiger partial charge < -0.3 is 16.0 Å². The second-order valence-electron chi connectivity index (χ2n) is 6.25. The molecule has 0 aromatic heterocycles. The minimum Gasteiger partial charge on any atom is -0.357 e. The third-order valence-corrected chi connectivity index (χ3v) is 4.05. The van der Waals surface area contributed by atoms with Crippen LogP contribution in [0.15, 0.2) is 65.7 Å². The van der Waals surface area contributed by atoms with Crippen molar-refractivity contribution < 1.29 is 4.79 Å². The molecule has 0 fully saturated rings. The molecule has 5 heteroatoms. The van der Waals surface area contributed by atoms with Crippen LogP contribution in [0.4, 0.5) is 0 Å². The van der Waals surface area contributed by atoms with Crippen molar-refractivity contribution in [2.24, 2.45) is 4.99 Å². The Balaban J connectivity index is 1.63. The van der Waals surface area contributed by atoms with Crippen LogP contribution in [0.2, 0.25) is 0 Å². The number of carbonyl (C=O) groups excluding carboxylic acids is 1. The van der Waals surface area contributed by atoms with Gasteiger partial charge in [0.15, 0.2) is 5.96 Å². The van der Waals surface area contributed by atoms with Gasteiger partial charge in [0.1, 0.15) is 0 Å². The first-order valence-corrected chi connectivity index (χ1v) is 9.69. The largest absolute Gasteiger partial charge is 0.357 e. The lowest BCUT2D eigenvalue weighted by Gasteiger charge is -2.11. The van der Waals surface area contributed by atoms with Gasteiger partial charge in [-0.05, 0) is 43.9 Å². The Morgan fingerprint density at radius 2 is 1.52 bits per heavy atom. The molecule has 5 nitrogen and oxygen atoms in total. The molecule has 2 aromatic carbocycles. The van der Waals surface area contributed by atoms with E-state index in [1.54, 1.807) is 0 Å². The third-order valence-electron chi connectivity index (χ3n) is 4.05. The number of amides is 1. The van der Waals surface area contributed by atoms with E-state index < -0.39 is 0 Å². The molecule has 0 heterocycles. The van der Waals surface area contributed by atoms with Crippen LogP contribution < -0.4 is 16.0 Å². The van der Waals surface area contributed by atoms with Gasteiger partial charge in [0.05, 0.1) is 0 Å². The number of hydrogen-bond donors (Lipinski definition) is 3. The number of benzene rings is 2. The van der Waals surface area contributed by atoms with E-state index >= 15 is 0 Å². The van der Waals surface area contributed by atoms with Gasteiger partial charge >= 0.3 is 0 Å². The van der Waals surface area contributed by atoms with Gasteiger partial charge in [-0.15, -0.1) is 0 Å². The first-order valence-electron chi connectivity index (χ1n) is 9.69. The Hall–Kier alpha value is -2.82. The molecule has 0 bridgehead atoms. The minimum absolute atomic E-state index is 0.0366. The van der Waals surface area contributed by atoms with Crippen LogP contribution in [-0.4, -0.2) is 38.0 Å². The van der Waals surface area contributed by atoms with E-state index in [-0.39, 0.29) is 5.91 Å². The molecular weight excluding hydrogens is 336 g/mol. The van der Waals surface area contributed by atoms with E-state index in [4.69, 9.17) is 0 Å². The van der Waals surface area contributed by atoms with Gasteiger partial charge in [0, 0.05) is 31.7 Å². The fourth-order valence-electron chi connectivity index (χ4n) is 2.65. The normalized spacial score (nSPS) is 11.1. The lowest BCUT2D eigenvalue weighted by Crippen LogP contribution is -2.38. The molecular formula is C22H30N4O. The topological polar surface area (TPSA) is 65.5 Å². The highest BCUT2D eigenvalue weighted by Crippen LogP contribution is 2.01. The van der Waals surface area contributed by atoms with Crippen LogP contribution in [0, 0.1) is 0 Å². The van der Waals surface area contributed by atoms with Crippen LogP contribution in [-0.2, 0) is 6.42 Å². The molecule has 0 saturated carbocycles. The fraction of sp³-hybridized carbons (Fsp3) is 0.364. The summed E-state index contributed by atoms with van der Waals surface area (Å²) in [5.41, 5.74) is 2.05. The van der Waals surface area contributed by atoms with Gasteiger partial charge in [0.2, 0.25) is 0 Å². The second-order valence-corrected chi connectivity index (χ2v) is 6.25. The van der Waals surface area contributed by atoms with Crippen LogP contribution >= 0.6 is 0 Å². The maximum absolute atomic E-state index is 12.0. The van der Waals surface area contributed by atoms with Crippen molar-refractivity contribution in [3.05, 3.63) is 71.8 Å². The van der Waals surface area contributed by atoms with Crippen molar-refractivity contribution in [2.75, 3.05) is 26.2 Å². The molecule has 0 radical (unpaired) electrons. The number of rotatable bonds is 10. The summed E-state index contributed by atoms with van der Waals surface area (Å²) in [5, 5.41) is 9.55. The molecule has 0 aliphatic carbocycles. The fourth-order valence-corrected chi connectivity index (χ4v) is 2.65. The molecule has 0 aliphatic rings. The van der Waals surface area contributed by atoms with Crippen LogP contribution in [0.5, 0.6) is 0 Å². The second kappa shape index (κ2) is 12.5. The van der Waals surface area contributed by atoms with E-state index in [9.17, 15) is 4.79 Å². The Bertz CT molecular complexity index is 686. The summed E-state index contributed by atoms with van der Waals surface area (Å²) in [6.45, 7) is 5.05. The monoisotopic (exact) mass is 366 g/mol. The lowest BCUT2D eigenvalue weighted by atomic mass is 10.1. The summed E-state index contributed by atoms with van der Waals surface area (Å²) in [6.07, 6.45) is 2.92. The first-order chi connectivity index (χ1) is 13.3. The third kappa shape index (κ3) is 8.40. The van der Waals surface area contributed by atoms with E-state index in [2.05, 4.69) is 52.1 Å². The van der Waals surface area contributed by atoms with Crippen molar-refractivity contribution in [1.29, 1.82) is 0 Å². The number of aliphatic imine (C=N–C) groups is 1. The number of nitrogens with zero attached hydrogens (tertiary/aromatic N) is 1. The number of guanidine groups is 1. The quantitative estimate of drug-likeness (QED) is 0.344. The smallest absolute Gasteiger partial charge is 0.251 e. The van der Waals surface area contributed by atoms with E-state index in [1.165, 1.54) is 5.56 Å². The molecule has 2 rings (SSSR count). The van der Waals surface area contributed by atoms with E-state index in [0.717, 1.165) is 38.3 Å². The van der Waals surface area contributed by atoms with E-state index in [1.807, 2.05) is 36.4 Å². The predicted octanol–water partition coefficient (Wildman–Crippen LogP) is 2.99. The zero-order valence-corrected chi connectivity index (χ0v) is 16.1. The standard InChI is InChI=1S/C22H30N4O/c1-2-23-22(25-16-9-13-19-11-5-3-6-12-19)26-18-10-17-24-21(27)20-14-7-4-8-15-20/h3-8,11-12,14-15H,2,9-10,13,16-18H2,1H3,(H,24,27)(H2,23,25,26). The number of aryl methyl sites for hydroxylation is 1. The molecule has 0 saturated heterocycles. The number of hydrogen-bond acceptors (Lipinski definition) is 2. The molecule has 0 atom stereocenters. The Morgan fingerprint density at radius 3 is 2.22 bits per heavy atom. The van der Waals surface area contributed by atoms with Crippen molar-refractivity contribution >= 4 is 11.9 Å². The summed E-state index contributed by atoms with van der Waals surface area (Å²) in [5.74, 6) is 0.797. The van der Waals surface area contributed by atoms with Crippen molar-refractivity contribution in [1.82, 2.24) is 16.0 Å². The van der Waals surface area contributed by atoms with Crippen LogP contribution in [0.3, 0.4) is 0 Å². The van der Waals surface area contributed by atoms with Gasteiger partial charge in [-0.25, -0.2) is 0 Å². The Morgan fingerprint density at radius 1 is 0.852 bits per heavy atom. The van der Waals surface area contributed by atoms with E-state index in [0.29, 0.717) is 18.7 Å². The predicted molar refractivity (Wildman–Crippen MR) is 112 cm³/mol. The summed E-state index contributed by atoms with van der Waals surface area (Å²) in [6, 6.07) is 19.8. The molecule has 0 spiro atoms. The van der Waals surface area contributed by atoms with Gasteiger partial charge in [-0.3, -0.25) is 9.79 Å². The summed E-state index contributed by atoms with van der Waals surface area (Å²) in [4.78, 5) is 16.5. The highest BCUT2D eigenvalue weighted by molar-refractivity contribution is 5.94. The van der Waals surface area contributed by atoms with Crippen LogP contribution in [0.1, 0.15) is 35.7 Å². The lowest BCUT2D eigenvalue weighted by molar-refractivity contribution is 0.0953. The van der Waals surface area contributed by atoms with Gasteiger partial charge in [-0.2, -0.15) is 0 Å². The number of carbonyl (C=O) groups is 1. The maximum atomic E-state index is 12.0. The highest BCUT2D eigenvalue weighted by atomic mass is 16.1. The maximum Gasteiger partial charge on any atom is 0.251 e. The molecule has 27 heavy (non-hydrogen) atoms. The van der Waals surface area contributed by atoms with Gasteiger partial charge in [-0.1, -0.05) is 48.5 Å². The highest BCUT2D eigenvalue weighted by Gasteiger charge is 2.02. The van der Waals surface area contributed by atoms with Gasteiger partial charge in [0.25, 0.3) is 5.91 Å². The zero-order chi connectivity index (χ0) is 19.2. The average molecular weight is 367 g/mol. The molecule has 1 amide bonds. The molecule has 2 aromatic rings. The summed E-state index contributed by atoms with van der Waals surface area (Å²) < 4.78 is 0. The molecule has 144 valence electrons. The number of nitrogens with one attached hydrogen (secondary N) is 3. The summed E-state index contributed by atoms with van der Waals surface area (Å²) in [7, 11) is 0. The molecule has 0 unspecified atom stereocenters. The average Bonchev–Trinajstić information content (AvgIpc) is 2.72. The molecule has 3 N–H and O–H groups in total. The van der Waals surface area contributed by atoms with Crippen molar-refractivity contribution in [3.8, 4) is 0 Å².